The van der Waals surface area contributed by atoms with Gasteiger partial charge in [0, 0.05) is 22.7 Å². The van der Waals surface area contributed by atoms with E-state index < -0.39 is 5.97 Å². The number of carbonyl (C=O) groups is 2. The van der Waals surface area contributed by atoms with Gasteiger partial charge in [-0.1, -0.05) is 45.0 Å². The van der Waals surface area contributed by atoms with Gasteiger partial charge in [-0.05, 0) is 53.8 Å². The van der Waals surface area contributed by atoms with E-state index in [-0.39, 0.29) is 11.3 Å². The number of amides is 1. The second-order valence-electron chi connectivity index (χ2n) is 7.90. The van der Waals surface area contributed by atoms with Gasteiger partial charge >= 0.3 is 5.97 Å². The van der Waals surface area contributed by atoms with Crippen LogP contribution in [-0.4, -0.2) is 23.5 Å². The van der Waals surface area contributed by atoms with Crippen molar-refractivity contribution in [3.8, 4) is 0 Å². The van der Waals surface area contributed by atoms with Crippen molar-refractivity contribution in [2.24, 2.45) is 0 Å². The number of aromatic amines is 1. The molecule has 0 fully saturated rings. The van der Waals surface area contributed by atoms with Crippen molar-refractivity contribution in [3.63, 3.8) is 0 Å². The monoisotopic (exact) mass is 390 g/mol. The van der Waals surface area contributed by atoms with Gasteiger partial charge in [0.2, 0.25) is 5.91 Å². The van der Waals surface area contributed by atoms with Crippen molar-refractivity contribution in [2.75, 3.05) is 11.9 Å². The third-order valence-corrected chi connectivity index (χ3v) is 4.59. The molecule has 1 aromatic heterocycles. The minimum Gasteiger partial charge on any atom is -0.461 e. The first-order valence-corrected chi connectivity index (χ1v) is 9.66. The largest absolute Gasteiger partial charge is 0.461 e. The van der Waals surface area contributed by atoms with Crippen molar-refractivity contribution >= 4 is 34.5 Å². The zero-order valence-electron chi connectivity index (χ0n) is 17.2. The number of aromatic nitrogens is 1. The highest BCUT2D eigenvalue weighted by atomic mass is 16.5. The Hall–Kier alpha value is -3.34. The number of hydrogen-bond donors (Lipinski definition) is 2. The molecule has 0 saturated heterocycles. The molecule has 1 heterocycles. The number of ether oxygens (including phenoxy) is 1. The summed E-state index contributed by atoms with van der Waals surface area (Å²) in [6.45, 7) is 8.59. The van der Waals surface area contributed by atoms with E-state index in [0.717, 1.165) is 16.5 Å². The lowest BCUT2D eigenvalue weighted by atomic mass is 9.87. The standard InChI is InChI=1S/C24H26N2O3/c1-5-29-23(28)21-15-17-14-19(11-12-20(17)26-21)25-22(27)13-8-16-6-9-18(10-7-16)24(2,3)4/h6-15,26H,5H2,1-4H3,(H,25,27). The molecule has 0 spiro atoms. The first-order chi connectivity index (χ1) is 13.8. The number of carbonyl (C=O) groups excluding carboxylic acids is 2. The molecule has 29 heavy (non-hydrogen) atoms. The molecular weight excluding hydrogens is 364 g/mol. The first-order valence-electron chi connectivity index (χ1n) is 9.66. The van der Waals surface area contributed by atoms with Crippen LogP contribution in [-0.2, 0) is 14.9 Å². The number of fused-ring (bicyclic) bond motifs is 1. The normalized spacial score (nSPS) is 11.7. The molecule has 0 bridgehead atoms. The molecule has 3 rings (SSSR count). The quantitative estimate of drug-likeness (QED) is 0.459. The Labute approximate surface area is 170 Å². The van der Waals surface area contributed by atoms with E-state index in [4.69, 9.17) is 4.74 Å². The molecule has 1 amide bonds. The molecule has 0 aliphatic rings. The van der Waals surface area contributed by atoms with Gasteiger partial charge in [-0.15, -0.1) is 0 Å². The summed E-state index contributed by atoms with van der Waals surface area (Å²) in [5.41, 5.74) is 4.17. The second kappa shape index (κ2) is 8.35. The molecular formula is C24H26N2O3. The van der Waals surface area contributed by atoms with Crippen LogP contribution in [0.5, 0.6) is 0 Å². The van der Waals surface area contributed by atoms with E-state index in [9.17, 15) is 9.59 Å². The molecule has 0 aliphatic carbocycles. The molecule has 0 aliphatic heterocycles. The minimum absolute atomic E-state index is 0.101. The molecule has 0 atom stereocenters. The van der Waals surface area contributed by atoms with Gasteiger partial charge in [-0.25, -0.2) is 4.79 Å². The Morgan fingerprint density at radius 1 is 1.07 bits per heavy atom. The smallest absolute Gasteiger partial charge is 0.354 e. The maximum Gasteiger partial charge on any atom is 0.354 e. The number of benzene rings is 2. The number of H-pyrrole nitrogens is 1. The van der Waals surface area contributed by atoms with E-state index in [1.807, 2.05) is 24.3 Å². The van der Waals surface area contributed by atoms with Gasteiger partial charge in [0.15, 0.2) is 0 Å². The van der Waals surface area contributed by atoms with Crippen molar-refractivity contribution in [3.05, 3.63) is 71.4 Å². The van der Waals surface area contributed by atoms with Crippen LogP contribution in [0.2, 0.25) is 0 Å². The van der Waals surface area contributed by atoms with Crippen molar-refractivity contribution < 1.29 is 14.3 Å². The summed E-state index contributed by atoms with van der Waals surface area (Å²) in [4.78, 5) is 27.1. The van der Waals surface area contributed by atoms with Crippen LogP contribution in [0.4, 0.5) is 5.69 Å². The first kappa shape index (κ1) is 20.4. The van der Waals surface area contributed by atoms with Crippen LogP contribution >= 0.6 is 0 Å². The summed E-state index contributed by atoms with van der Waals surface area (Å²) in [7, 11) is 0. The van der Waals surface area contributed by atoms with E-state index in [1.54, 1.807) is 25.1 Å². The number of anilines is 1. The van der Waals surface area contributed by atoms with Crippen LogP contribution in [0.25, 0.3) is 17.0 Å². The molecule has 0 radical (unpaired) electrons. The van der Waals surface area contributed by atoms with Gasteiger partial charge in [-0.2, -0.15) is 0 Å². The Bertz CT molecular complexity index is 1050. The maximum atomic E-state index is 12.3. The average Bonchev–Trinajstić information content (AvgIpc) is 3.10. The summed E-state index contributed by atoms with van der Waals surface area (Å²) in [5.74, 6) is -0.611. The topological polar surface area (TPSA) is 71.2 Å². The molecule has 0 unspecified atom stereocenters. The van der Waals surface area contributed by atoms with E-state index >= 15 is 0 Å². The molecule has 2 aromatic carbocycles. The highest BCUT2D eigenvalue weighted by molar-refractivity contribution is 6.03. The Morgan fingerprint density at radius 2 is 1.79 bits per heavy atom. The second-order valence-corrected chi connectivity index (χ2v) is 7.90. The fraction of sp³-hybridized carbons (Fsp3) is 0.250. The predicted molar refractivity (Wildman–Crippen MR) is 117 cm³/mol. The van der Waals surface area contributed by atoms with E-state index in [2.05, 4.69) is 43.2 Å². The van der Waals surface area contributed by atoms with Crippen molar-refractivity contribution in [1.29, 1.82) is 0 Å². The molecule has 3 aromatic rings. The fourth-order valence-corrected chi connectivity index (χ4v) is 2.98. The molecule has 2 N–H and O–H groups in total. The van der Waals surface area contributed by atoms with Crippen LogP contribution in [0, 0.1) is 0 Å². The van der Waals surface area contributed by atoms with Gasteiger partial charge in [0.05, 0.1) is 6.61 Å². The zero-order chi connectivity index (χ0) is 21.0. The van der Waals surface area contributed by atoms with E-state index in [0.29, 0.717) is 18.0 Å². The average molecular weight is 390 g/mol. The minimum atomic E-state index is -0.394. The Kier molecular flexibility index (Phi) is 5.87. The molecule has 5 heteroatoms. The van der Waals surface area contributed by atoms with Gasteiger partial charge in [0.25, 0.3) is 0 Å². The summed E-state index contributed by atoms with van der Waals surface area (Å²) < 4.78 is 5.00. The van der Waals surface area contributed by atoms with Crippen molar-refractivity contribution in [1.82, 2.24) is 4.98 Å². The molecule has 0 saturated carbocycles. The number of rotatable bonds is 5. The highest BCUT2D eigenvalue weighted by Gasteiger charge is 2.13. The zero-order valence-corrected chi connectivity index (χ0v) is 17.2. The van der Waals surface area contributed by atoms with Crippen LogP contribution < -0.4 is 5.32 Å². The van der Waals surface area contributed by atoms with Gasteiger partial charge in [0.1, 0.15) is 5.69 Å². The lowest BCUT2D eigenvalue weighted by Gasteiger charge is -2.18. The Balaban J connectivity index is 1.67. The third-order valence-electron chi connectivity index (χ3n) is 4.59. The summed E-state index contributed by atoms with van der Waals surface area (Å²) in [6, 6.07) is 15.3. The van der Waals surface area contributed by atoms with E-state index in [1.165, 1.54) is 11.6 Å². The lowest BCUT2D eigenvalue weighted by molar-refractivity contribution is -0.111. The predicted octanol–water partition coefficient (Wildman–Crippen LogP) is 5.29. The SMILES string of the molecule is CCOC(=O)c1cc2cc(NC(=O)C=Cc3ccc(C(C)(C)C)cc3)ccc2[nH]1. The molecule has 150 valence electrons. The lowest BCUT2D eigenvalue weighted by Crippen LogP contribution is -2.10. The van der Waals surface area contributed by atoms with Crippen molar-refractivity contribution in [2.45, 2.75) is 33.1 Å². The highest BCUT2D eigenvalue weighted by Crippen LogP contribution is 2.23. The third kappa shape index (κ3) is 5.13. The summed E-state index contributed by atoms with van der Waals surface area (Å²) >= 11 is 0. The fourth-order valence-electron chi connectivity index (χ4n) is 2.98. The van der Waals surface area contributed by atoms with Crippen LogP contribution in [0.15, 0.2) is 54.6 Å². The Morgan fingerprint density at radius 3 is 2.45 bits per heavy atom. The summed E-state index contributed by atoms with van der Waals surface area (Å²) in [5, 5.41) is 3.67. The van der Waals surface area contributed by atoms with Crippen LogP contribution in [0.3, 0.4) is 0 Å². The number of hydrogen-bond acceptors (Lipinski definition) is 3. The van der Waals surface area contributed by atoms with Gasteiger partial charge in [-0.3, -0.25) is 4.79 Å². The maximum absolute atomic E-state index is 12.3. The molecule has 5 nitrogen and oxygen atoms in total. The number of nitrogens with one attached hydrogen (secondary N) is 2. The van der Waals surface area contributed by atoms with Crippen LogP contribution in [0.1, 0.15) is 49.3 Å². The van der Waals surface area contributed by atoms with Gasteiger partial charge < -0.3 is 15.0 Å². The number of esters is 1. The summed E-state index contributed by atoms with van der Waals surface area (Å²) in [6.07, 6.45) is 3.30.